The van der Waals surface area contributed by atoms with Crippen molar-refractivity contribution < 1.29 is 4.79 Å². The molecular formula is C21H28ClN3O2S. The summed E-state index contributed by atoms with van der Waals surface area (Å²) in [6.07, 6.45) is 1.17. The minimum absolute atomic E-state index is 0.101. The Labute approximate surface area is 175 Å². The summed E-state index contributed by atoms with van der Waals surface area (Å²) in [6, 6.07) is 5.16. The summed E-state index contributed by atoms with van der Waals surface area (Å²) in [5.41, 5.74) is 0.515. The maximum Gasteiger partial charge on any atom is 0.262 e. The number of fused-ring (bicyclic) bond motifs is 1. The first kappa shape index (κ1) is 21.2. The molecule has 1 aliphatic rings. The summed E-state index contributed by atoms with van der Waals surface area (Å²) in [6.45, 7) is 10.7. The van der Waals surface area contributed by atoms with E-state index in [0.717, 1.165) is 13.1 Å². The molecule has 1 aliphatic heterocycles. The van der Waals surface area contributed by atoms with Crippen molar-refractivity contribution in [3.05, 3.63) is 33.6 Å². The lowest BCUT2D eigenvalue weighted by molar-refractivity contribution is -0.130. The molecule has 0 unspecified atom stereocenters. The fourth-order valence-corrected chi connectivity index (χ4v) is 4.98. The summed E-state index contributed by atoms with van der Waals surface area (Å²) >= 11 is 7.42. The fraction of sp³-hybridized carbons (Fsp3) is 0.571. The van der Waals surface area contributed by atoms with Crippen LogP contribution < -0.4 is 5.56 Å². The number of carbonyl (C=O) groups is 1. The van der Waals surface area contributed by atoms with E-state index >= 15 is 0 Å². The monoisotopic (exact) mass is 421 g/mol. The molecular weight excluding hydrogens is 394 g/mol. The number of halogens is 1. The fourth-order valence-electron chi connectivity index (χ4n) is 3.89. The predicted molar refractivity (Wildman–Crippen MR) is 116 cm³/mol. The lowest BCUT2D eigenvalue weighted by atomic mass is 9.92. The highest BCUT2D eigenvalue weighted by Gasteiger charge is 2.25. The van der Waals surface area contributed by atoms with Gasteiger partial charge >= 0.3 is 0 Å². The molecule has 2 aromatic rings. The number of benzene rings is 1. The summed E-state index contributed by atoms with van der Waals surface area (Å²) in [5.74, 6) is 1.75. The van der Waals surface area contributed by atoms with Crippen molar-refractivity contribution in [2.45, 2.75) is 45.8 Å². The predicted octanol–water partition coefficient (Wildman–Crippen LogP) is 4.30. The van der Waals surface area contributed by atoms with Crippen molar-refractivity contribution in [1.29, 1.82) is 0 Å². The molecule has 2 heterocycles. The molecule has 0 saturated carbocycles. The van der Waals surface area contributed by atoms with Gasteiger partial charge in [0, 0.05) is 24.7 Å². The molecule has 1 saturated heterocycles. The van der Waals surface area contributed by atoms with E-state index in [1.807, 2.05) is 4.90 Å². The maximum absolute atomic E-state index is 13.0. The van der Waals surface area contributed by atoms with E-state index < -0.39 is 0 Å². The van der Waals surface area contributed by atoms with Gasteiger partial charge in [-0.05, 0) is 42.4 Å². The SMILES string of the molecule is CC(C)Cn1c(SCC(=O)N2C[C@H](C)C[C@H](C)C2)nc2ccc(Cl)cc2c1=O. The summed E-state index contributed by atoms with van der Waals surface area (Å²) < 4.78 is 1.68. The normalized spacial score (nSPS) is 20.1. The van der Waals surface area contributed by atoms with Crippen LogP contribution in [0.2, 0.25) is 5.02 Å². The van der Waals surface area contributed by atoms with Crippen LogP contribution in [0.1, 0.15) is 34.1 Å². The second-order valence-electron chi connectivity index (χ2n) is 8.40. The summed E-state index contributed by atoms with van der Waals surface area (Å²) in [4.78, 5) is 32.4. The lowest BCUT2D eigenvalue weighted by Gasteiger charge is -2.35. The van der Waals surface area contributed by atoms with E-state index in [1.54, 1.807) is 22.8 Å². The van der Waals surface area contributed by atoms with Gasteiger partial charge in [0.25, 0.3) is 5.56 Å². The maximum atomic E-state index is 13.0. The van der Waals surface area contributed by atoms with Gasteiger partial charge in [0.1, 0.15) is 0 Å². The number of rotatable bonds is 5. The number of amides is 1. The van der Waals surface area contributed by atoms with E-state index in [1.165, 1.54) is 18.2 Å². The average Bonchev–Trinajstić information content (AvgIpc) is 2.62. The average molecular weight is 422 g/mol. The number of carbonyl (C=O) groups excluding carboxylic acids is 1. The van der Waals surface area contributed by atoms with Gasteiger partial charge in [-0.2, -0.15) is 0 Å². The Hall–Kier alpha value is -1.53. The first-order valence-electron chi connectivity index (χ1n) is 9.85. The van der Waals surface area contributed by atoms with Crippen LogP contribution in [0.3, 0.4) is 0 Å². The molecule has 0 radical (unpaired) electrons. The van der Waals surface area contributed by atoms with Gasteiger partial charge in [-0.3, -0.25) is 14.2 Å². The van der Waals surface area contributed by atoms with E-state index in [0.29, 0.717) is 45.2 Å². The Balaban J connectivity index is 1.86. The van der Waals surface area contributed by atoms with Crippen molar-refractivity contribution in [1.82, 2.24) is 14.5 Å². The van der Waals surface area contributed by atoms with Gasteiger partial charge in [0.15, 0.2) is 5.16 Å². The molecule has 152 valence electrons. The largest absolute Gasteiger partial charge is 0.341 e. The Morgan fingerprint density at radius 1 is 1.29 bits per heavy atom. The van der Waals surface area contributed by atoms with Gasteiger partial charge in [-0.25, -0.2) is 4.98 Å². The van der Waals surface area contributed by atoms with Crippen LogP contribution in [0.4, 0.5) is 0 Å². The molecule has 1 aromatic carbocycles. The summed E-state index contributed by atoms with van der Waals surface area (Å²) in [5, 5.41) is 1.63. The number of aromatic nitrogens is 2. The molecule has 2 atom stereocenters. The molecule has 1 aromatic heterocycles. The van der Waals surface area contributed by atoms with Gasteiger partial charge in [0.05, 0.1) is 16.7 Å². The molecule has 1 fully saturated rings. The highest BCUT2D eigenvalue weighted by Crippen LogP contribution is 2.24. The second-order valence-corrected chi connectivity index (χ2v) is 9.78. The minimum atomic E-state index is -0.101. The van der Waals surface area contributed by atoms with Crippen molar-refractivity contribution in [2.75, 3.05) is 18.8 Å². The number of thioether (sulfide) groups is 1. The molecule has 0 aliphatic carbocycles. The molecule has 0 bridgehead atoms. The third-order valence-electron chi connectivity index (χ3n) is 4.98. The summed E-state index contributed by atoms with van der Waals surface area (Å²) in [7, 11) is 0. The van der Waals surface area contributed by atoms with Crippen LogP contribution in [0.25, 0.3) is 10.9 Å². The topological polar surface area (TPSA) is 55.2 Å². The highest BCUT2D eigenvalue weighted by atomic mass is 35.5. The minimum Gasteiger partial charge on any atom is -0.341 e. The standard InChI is InChI=1S/C21H28ClN3O2S/c1-13(2)9-25-20(27)17-8-16(22)5-6-18(17)23-21(25)28-12-19(26)24-10-14(3)7-15(4)11-24/h5-6,8,13-15H,7,9-12H2,1-4H3/t14-,15+. The van der Waals surface area contributed by atoms with Crippen LogP contribution in [-0.2, 0) is 11.3 Å². The number of nitrogens with zero attached hydrogens (tertiary/aromatic N) is 3. The van der Waals surface area contributed by atoms with Crippen LogP contribution >= 0.6 is 23.4 Å². The van der Waals surface area contributed by atoms with Gasteiger partial charge in [-0.15, -0.1) is 0 Å². The van der Waals surface area contributed by atoms with Crippen molar-refractivity contribution in [2.24, 2.45) is 17.8 Å². The first-order chi connectivity index (χ1) is 13.2. The Morgan fingerprint density at radius 2 is 1.96 bits per heavy atom. The number of hydrogen-bond acceptors (Lipinski definition) is 4. The highest BCUT2D eigenvalue weighted by molar-refractivity contribution is 7.99. The molecule has 28 heavy (non-hydrogen) atoms. The quantitative estimate of drug-likeness (QED) is 0.533. The zero-order valence-electron chi connectivity index (χ0n) is 16.9. The molecule has 7 heteroatoms. The van der Waals surface area contributed by atoms with E-state index in [9.17, 15) is 9.59 Å². The van der Waals surface area contributed by atoms with Crippen molar-refractivity contribution in [3.8, 4) is 0 Å². The Bertz CT molecular complexity index is 918. The third-order valence-corrected chi connectivity index (χ3v) is 6.17. The van der Waals surface area contributed by atoms with Gasteiger partial charge < -0.3 is 4.90 Å². The molecule has 5 nitrogen and oxygen atoms in total. The zero-order chi connectivity index (χ0) is 20.4. The molecule has 0 N–H and O–H groups in total. The Kier molecular flexibility index (Phi) is 6.71. The van der Waals surface area contributed by atoms with Crippen LogP contribution in [-0.4, -0.2) is 39.2 Å². The van der Waals surface area contributed by atoms with E-state index in [-0.39, 0.29) is 17.4 Å². The second kappa shape index (κ2) is 8.87. The number of piperidine rings is 1. The van der Waals surface area contributed by atoms with Crippen LogP contribution in [0, 0.1) is 17.8 Å². The zero-order valence-corrected chi connectivity index (χ0v) is 18.5. The van der Waals surface area contributed by atoms with Crippen LogP contribution in [0.15, 0.2) is 28.2 Å². The Morgan fingerprint density at radius 3 is 2.61 bits per heavy atom. The van der Waals surface area contributed by atoms with Gasteiger partial charge in [0.2, 0.25) is 5.91 Å². The van der Waals surface area contributed by atoms with E-state index in [4.69, 9.17) is 11.6 Å². The molecule has 1 amide bonds. The van der Waals surface area contributed by atoms with Crippen molar-refractivity contribution in [3.63, 3.8) is 0 Å². The number of likely N-dealkylation sites (tertiary alicyclic amines) is 1. The van der Waals surface area contributed by atoms with Gasteiger partial charge in [-0.1, -0.05) is 51.1 Å². The molecule has 0 spiro atoms. The molecule has 3 rings (SSSR count). The number of hydrogen-bond donors (Lipinski definition) is 0. The lowest BCUT2D eigenvalue weighted by Crippen LogP contribution is -2.43. The smallest absolute Gasteiger partial charge is 0.262 e. The first-order valence-corrected chi connectivity index (χ1v) is 11.2. The van der Waals surface area contributed by atoms with E-state index in [2.05, 4.69) is 32.7 Å². The van der Waals surface area contributed by atoms with Crippen molar-refractivity contribution >= 4 is 40.2 Å². The third kappa shape index (κ3) is 4.90. The van der Waals surface area contributed by atoms with Crippen LogP contribution in [0.5, 0.6) is 0 Å².